The zero-order valence-corrected chi connectivity index (χ0v) is 15.8. The Labute approximate surface area is 162 Å². The number of aromatic nitrogens is 2. The molecule has 0 fully saturated rings. The minimum atomic E-state index is 0.358. The summed E-state index contributed by atoms with van der Waals surface area (Å²) in [6.45, 7) is 2.89. The Bertz CT molecular complexity index is 1160. The monoisotopic (exact) mass is 376 g/mol. The Kier molecular flexibility index (Phi) is 4.53. The van der Waals surface area contributed by atoms with Gasteiger partial charge in [-0.1, -0.05) is 54.7 Å². The second-order valence-electron chi connectivity index (χ2n) is 5.83. The van der Waals surface area contributed by atoms with Crippen LogP contribution in [0.15, 0.2) is 75.9 Å². The van der Waals surface area contributed by atoms with Gasteiger partial charge in [0.25, 0.3) is 0 Å². The van der Waals surface area contributed by atoms with E-state index in [1.807, 2.05) is 54.6 Å². The lowest BCUT2D eigenvalue weighted by Crippen LogP contribution is -1.96. The molecule has 0 N–H and O–H groups in total. The number of para-hydroxylation sites is 2. The highest BCUT2D eigenvalue weighted by atomic mass is 32.1. The van der Waals surface area contributed by atoms with Crippen LogP contribution in [0.5, 0.6) is 0 Å². The Morgan fingerprint density at radius 3 is 2.69 bits per heavy atom. The largest absolute Gasteiger partial charge is 0.334 e. The average Bonchev–Trinajstić information content (AvgIpc) is 2.96. The van der Waals surface area contributed by atoms with Gasteiger partial charge < -0.3 is 4.57 Å². The van der Waals surface area contributed by atoms with E-state index in [2.05, 4.69) is 45.4 Å². The summed E-state index contributed by atoms with van der Waals surface area (Å²) in [5, 5.41) is 11.5. The lowest BCUT2D eigenvalue weighted by Gasteiger charge is -2.02. The first-order chi connectivity index (χ1) is 12.7. The molecule has 0 aliphatic rings. The molecule has 4 rings (SSSR count). The van der Waals surface area contributed by atoms with Crippen LogP contribution in [-0.2, 0) is 6.54 Å². The molecule has 26 heavy (non-hydrogen) atoms. The quantitative estimate of drug-likeness (QED) is 0.272. The molecule has 128 valence electrons. The second-order valence-corrected chi connectivity index (χ2v) is 6.64. The summed E-state index contributed by atoms with van der Waals surface area (Å²) in [5.41, 5.74) is 3.35. The minimum absolute atomic E-state index is 0.358. The maximum atomic E-state index is 5.43. The predicted octanol–water partition coefficient (Wildman–Crippen LogP) is 5.96. The van der Waals surface area contributed by atoms with Crippen molar-refractivity contribution in [2.45, 2.75) is 18.5 Å². The minimum Gasteiger partial charge on any atom is -0.334 e. The van der Waals surface area contributed by atoms with Crippen molar-refractivity contribution >= 4 is 57.3 Å². The van der Waals surface area contributed by atoms with Gasteiger partial charge in [0.1, 0.15) is 16.4 Å². The van der Waals surface area contributed by atoms with E-state index in [9.17, 15) is 0 Å². The van der Waals surface area contributed by atoms with Gasteiger partial charge in [0.15, 0.2) is 4.99 Å². The fourth-order valence-corrected chi connectivity index (χ4v) is 3.59. The van der Waals surface area contributed by atoms with Crippen molar-refractivity contribution in [3.63, 3.8) is 0 Å². The maximum Gasteiger partial charge on any atom is 0.174 e. The van der Waals surface area contributed by atoms with Gasteiger partial charge in [-0.05, 0) is 25.1 Å². The first-order valence-corrected chi connectivity index (χ1v) is 9.16. The van der Waals surface area contributed by atoms with Gasteiger partial charge >= 0.3 is 0 Å². The first-order valence-electron chi connectivity index (χ1n) is 8.31. The first kappa shape index (κ1) is 16.9. The predicted molar refractivity (Wildman–Crippen MR) is 113 cm³/mol. The Hall–Kier alpha value is -2.57. The van der Waals surface area contributed by atoms with Gasteiger partial charge in [0.2, 0.25) is 0 Å². The Morgan fingerprint density at radius 2 is 1.85 bits per heavy atom. The summed E-state index contributed by atoms with van der Waals surface area (Å²) < 4.78 is 2.10. The molecule has 0 saturated carbocycles. The number of aryl methyl sites for hydroxylation is 1. The summed E-state index contributed by atoms with van der Waals surface area (Å²) >= 11 is 10.1. The molecule has 4 nitrogen and oxygen atoms in total. The normalized spacial score (nSPS) is 11.6. The fourth-order valence-electron chi connectivity index (χ4n) is 3.02. The number of hydrogen-bond donors (Lipinski definition) is 1. The molecule has 0 unspecified atom stereocenters. The number of benzene rings is 2. The van der Waals surface area contributed by atoms with Crippen LogP contribution >= 0.6 is 24.8 Å². The summed E-state index contributed by atoms with van der Waals surface area (Å²) in [7, 11) is 0. The standard InChI is InChI=1S/C20H16N4S2/c1-2-24-17-10-6-4-8-14(17)18(20(24)26)22-23-19(25)16-12-11-13-7-3-5-9-15(13)21-16/h3-12,26H,2H2,1H3. The van der Waals surface area contributed by atoms with Gasteiger partial charge in [0, 0.05) is 17.3 Å². The molecule has 0 aliphatic carbocycles. The summed E-state index contributed by atoms with van der Waals surface area (Å²) in [6.07, 6.45) is 0. The molecule has 2 heterocycles. The number of azo groups is 1. The zero-order valence-electron chi connectivity index (χ0n) is 14.1. The Balaban J connectivity index is 1.72. The number of nitrogens with zero attached hydrogens (tertiary/aromatic N) is 4. The third-order valence-corrected chi connectivity index (χ3v) is 5.04. The molecule has 4 aromatic rings. The van der Waals surface area contributed by atoms with E-state index in [0.29, 0.717) is 10.7 Å². The number of pyridine rings is 1. The van der Waals surface area contributed by atoms with Crippen molar-refractivity contribution in [3.8, 4) is 0 Å². The Morgan fingerprint density at radius 1 is 1.08 bits per heavy atom. The molecule has 0 amide bonds. The number of rotatable bonds is 3. The van der Waals surface area contributed by atoms with Crippen molar-refractivity contribution in [1.82, 2.24) is 9.55 Å². The van der Waals surface area contributed by atoms with Crippen LogP contribution in [0.3, 0.4) is 0 Å². The number of hydrogen-bond acceptors (Lipinski definition) is 4. The van der Waals surface area contributed by atoms with Crippen molar-refractivity contribution in [3.05, 3.63) is 66.4 Å². The molecule has 2 aromatic heterocycles. The van der Waals surface area contributed by atoms with Gasteiger partial charge in [-0.2, -0.15) is 0 Å². The van der Waals surface area contributed by atoms with Crippen LogP contribution in [0.25, 0.3) is 21.8 Å². The lowest BCUT2D eigenvalue weighted by molar-refractivity contribution is 0.731. The maximum absolute atomic E-state index is 5.43. The van der Waals surface area contributed by atoms with Crippen molar-refractivity contribution in [2.75, 3.05) is 0 Å². The van der Waals surface area contributed by atoms with E-state index in [-0.39, 0.29) is 0 Å². The highest BCUT2D eigenvalue weighted by molar-refractivity contribution is 7.80. The number of thiocarbonyl (C=S) groups is 1. The van der Waals surface area contributed by atoms with Crippen LogP contribution < -0.4 is 0 Å². The topological polar surface area (TPSA) is 42.5 Å². The van der Waals surface area contributed by atoms with E-state index in [1.165, 1.54) is 0 Å². The summed E-state index contributed by atoms with van der Waals surface area (Å²) in [4.78, 5) is 4.93. The molecule has 0 bridgehead atoms. The number of thiol groups is 1. The van der Waals surface area contributed by atoms with Crippen LogP contribution in [0.4, 0.5) is 5.69 Å². The van der Waals surface area contributed by atoms with Crippen LogP contribution in [0.1, 0.15) is 12.6 Å². The van der Waals surface area contributed by atoms with Crippen molar-refractivity contribution in [2.24, 2.45) is 10.2 Å². The van der Waals surface area contributed by atoms with Crippen LogP contribution in [0, 0.1) is 0 Å². The fraction of sp³-hybridized carbons (Fsp3) is 0.100. The van der Waals surface area contributed by atoms with Crippen molar-refractivity contribution < 1.29 is 0 Å². The molecular formula is C20H16N4S2. The van der Waals surface area contributed by atoms with E-state index in [4.69, 9.17) is 12.2 Å². The van der Waals surface area contributed by atoms with Crippen molar-refractivity contribution in [1.29, 1.82) is 0 Å². The average molecular weight is 377 g/mol. The second kappa shape index (κ2) is 6.97. The molecule has 0 atom stereocenters. The lowest BCUT2D eigenvalue weighted by atomic mass is 10.2. The highest BCUT2D eigenvalue weighted by Gasteiger charge is 2.13. The van der Waals surface area contributed by atoms with E-state index < -0.39 is 0 Å². The molecule has 2 aromatic carbocycles. The van der Waals surface area contributed by atoms with Crippen LogP contribution in [0.2, 0.25) is 0 Å². The molecular weight excluding hydrogens is 360 g/mol. The highest BCUT2D eigenvalue weighted by Crippen LogP contribution is 2.36. The van der Waals surface area contributed by atoms with E-state index in [0.717, 1.165) is 39.1 Å². The molecule has 0 radical (unpaired) electrons. The summed E-state index contributed by atoms with van der Waals surface area (Å²) in [6, 6.07) is 19.9. The van der Waals surface area contributed by atoms with Gasteiger partial charge in [-0.15, -0.1) is 22.9 Å². The zero-order chi connectivity index (χ0) is 18.1. The SMILES string of the molecule is CCn1c(S)c(N=NC(=S)c2ccc3ccccc3n2)c2ccccc21. The summed E-state index contributed by atoms with van der Waals surface area (Å²) in [5.74, 6) is 0. The molecule has 0 spiro atoms. The van der Waals surface area contributed by atoms with E-state index >= 15 is 0 Å². The van der Waals surface area contributed by atoms with E-state index in [1.54, 1.807) is 0 Å². The van der Waals surface area contributed by atoms with Gasteiger partial charge in [-0.3, -0.25) is 0 Å². The van der Waals surface area contributed by atoms with Gasteiger partial charge in [0.05, 0.1) is 11.0 Å². The van der Waals surface area contributed by atoms with Gasteiger partial charge in [-0.25, -0.2) is 4.98 Å². The third-order valence-electron chi connectivity index (χ3n) is 4.29. The third kappa shape index (κ3) is 2.91. The molecule has 0 saturated heterocycles. The smallest absolute Gasteiger partial charge is 0.174 e. The van der Waals surface area contributed by atoms with Crippen LogP contribution in [-0.4, -0.2) is 14.5 Å². The number of fused-ring (bicyclic) bond motifs is 2. The molecule has 6 heteroatoms. The molecule has 0 aliphatic heterocycles.